The van der Waals surface area contributed by atoms with E-state index in [1.54, 1.807) is 17.7 Å². The van der Waals surface area contributed by atoms with Gasteiger partial charge >= 0.3 is 0 Å². The van der Waals surface area contributed by atoms with Gasteiger partial charge in [-0.05, 0) is 30.0 Å². The van der Waals surface area contributed by atoms with Gasteiger partial charge in [0, 0.05) is 11.1 Å². The summed E-state index contributed by atoms with van der Waals surface area (Å²) < 4.78 is 0. The normalized spacial score (nSPS) is 19.3. The summed E-state index contributed by atoms with van der Waals surface area (Å²) in [7, 11) is 0. The van der Waals surface area contributed by atoms with Crippen molar-refractivity contribution in [3.8, 4) is 0 Å². The maximum Gasteiger partial charge on any atom is 0.106 e. The maximum atomic E-state index is 4.32. The fourth-order valence-corrected chi connectivity index (χ4v) is 2.16. The van der Waals surface area contributed by atoms with E-state index < -0.39 is 0 Å². The van der Waals surface area contributed by atoms with Gasteiger partial charge in [-0.3, -0.25) is 4.99 Å². The Morgan fingerprint density at radius 1 is 1.54 bits per heavy atom. The lowest BCUT2D eigenvalue weighted by Gasteiger charge is -2.09. The first kappa shape index (κ1) is 10.3. The summed E-state index contributed by atoms with van der Waals surface area (Å²) in [6, 6.07) is 2.36. The smallest absolute Gasteiger partial charge is 0.106 e. The Bertz CT molecular complexity index is 318. The van der Waals surface area contributed by atoms with Crippen molar-refractivity contribution in [3.63, 3.8) is 0 Å². The quantitative estimate of drug-likeness (QED) is 0.764. The highest BCUT2D eigenvalue weighted by molar-refractivity contribution is 7.10. The third-order valence-electron chi connectivity index (χ3n) is 1.85. The van der Waals surface area contributed by atoms with E-state index in [9.17, 15) is 0 Å². The molecule has 0 amide bonds. The first-order chi connectivity index (χ1) is 5.88. The number of nitrogens with zero attached hydrogens (tertiary/aromatic N) is 1. The van der Waals surface area contributed by atoms with Crippen molar-refractivity contribution >= 4 is 30.1 Å². The average molecular weight is 215 g/mol. The summed E-state index contributed by atoms with van der Waals surface area (Å²) in [6.07, 6.45) is 5.74. The van der Waals surface area contributed by atoms with E-state index in [1.165, 1.54) is 10.4 Å². The second-order valence-electron chi connectivity index (χ2n) is 2.72. The number of hydrogen-bond acceptors (Lipinski definition) is 3. The predicted molar refractivity (Wildman–Crippen MR) is 59.8 cm³/mol. The molecule has 0 radical (unpaired) electrons. The second-order valence-corrected chi connectivity index (χ2v) is 3.66. The van der Waals surface area contributed by atoms with Crippen molar-refractivity contribution in [2.75, 3.05) is 0 Å². The topological polar surface area (TPSA) is 24.4 Å². The van der Waals surface area contributed by atoms with Crippen LogP contribution in [0.25, 0.3) is 0 Å². The molecule has 70 valence electrons. The summed E-state index contributed by atoms with van der Waals surface area (Å²) in [5.41, 5.74) is 1.33. The number of rotatable bonds is 1. The Kier molecular flexibility index (Phi) is 3.51. The Balaban J connectivity index is 0.000000845. The van der Waals surface area contributed by atoms with Gasteiger partial charge < -0.3 is 5.32 Å². The molecule has 0 saturated carbocycles. The summed E-state index contributed by atoms with van der Waals surface area (Å²) in [5.74, 6) is 0. The molecule has 0 bridgehead atoms. The average Bonchev–Trinajstić information content (AvgIpc) is 2.53. The van der Waals surface area contributed by atoms with Crippen LogP contribution in [0, 0.1) is 6.92 Å². The minimum atomic E-state index is 0. The number of hydrogen-bond donors (Lipinski definition) is 1. The Morgan fingerprint density at radius 3 is 2.92 bits per heavy atom. The molecule has 1 aliphatic rings. The van der Waals surface area contributed by atoms with Gasteiger partial charge in [-0.1, -0.05) is 0 Å². The zero-order valence-electron chi connectivity index (χ0n) is 7.23. The van der Waals surface area contributed by atoms with Crippen LogP contribution < -0.4 is 5.32 Å². The Hall–Kier alpha value is -0.800. The fourth-order valence-electron chi connectivity index (χ4n) is 1.21. The van der Waals surface area contributed by atoms with Gasteiger partial charge in [-0.25, -0.2) is 0 Å². The number of halogens is 1. The lowest BCUT2D eigenvalue weighted by atomic mass is 10.1. The van der Waals surface area contributed by atoms with Crippen LogP contribution in [0.2, 0.25) is 0 Å². The molecule has 1 aromatic rings. The van der Waals surface area contributed by atoms with Crippen LogP contribution in [0.15, 0.2) is 28.7 Å². The van der Waals surface area contributed by atoms with Gasteiger partial charge in [0.15, 0.2) is 0 Å². The minimum absolute atomic E-state index is 0. The highest BCUT2D eigenvalue weighted by atomic mass is 35.5. The lowest BCUT2D eigenvalue weighted by Crippen LogP contribution is -2.08. The van der Waals surface area contributed by atoms with E-state index in [-0.39, 0.29) is 18.4 Å². The molecule has 0 aliphatic carbocycles. The number of nitrogens with one attached hydrogen (secondary N) is 1. The van der Waals surface area contributed by atoms with Gasteiger partial charge in [-0.15, -0.1) is 23.7 Å². The zero-order valence-corrected chi connectivity index (χ0v) is 8.86. The zero-order chi connectivity index (χ0) is 8.39. The van der Waals surface area contributed by atoms with Gasteiger partial charge in [0.25, 0.3) is 0 Å². The van der Waals surface area contributed by atoms with Crippen molar-refractivity contribution in [1.29, 1.82) is 0 Å². The molecular weight excluding hydrogens is 204 g/mol. The Labute approximate surface area is 87.8 Å². The molecule has 13 heavy (non-hydrogen) atoms. The molecular formula is C9H11ClN2S. The van der Waals surface area contributed by atoms with Gasteiger partial charge in [0.1, 0.15) is 6.04 Å². The first-order valence-corrected chi connectivity index (χ1v) is 4.74. The predicted octanol–water partition coefficient (Wildman–Crippen LogP) is 2.66. The molecule has 1 aliphatic heterocycles. The molecule has 2 rings (SSSR count). The summed E-state index contributed by atoms with van der Waals surface area (Å²) in [5, 5.41) is 5.04. The van der Waals surface area contributed by atoms with Crippen molar-refractivity contribution in [1.82, 2.24) is 5.32 Å². The highest BCUT2D eigenvalue weighted by Crippen LogP contribution is 2.27. The number of aliphatic imine (C=N–C) groups is 1. The minimum Gasteiger partial charge on any atom is -0.353 e. The SMILES string of the molecule is Cc1ccsc1C1C=CNC=N1.Cl. The van der Waals surface area contributed by atoms with Crippen LogP contribution in [-0.2, 0) is 0 Å². The summed E-state index contributed by atoms with van der Waals surface area (Å²) in [4.78, 5) is 5.66. The van der Waals surface area contributed by atoms with Crippen LogP contribution in [0.3, 0.4) is 0 Å². The van der Waals surface area contributed by atoms with Crippen molar-refractivity contribution in [2.24, 2.45) is 4.99 Å². The molecule has 0 saturated heterocycles. The van der Waals surface area contributed by atoms with E-state index >= 15 is 0 Å². The largest absolute Gasteiger partial charge is 0.353 e. The molecule has 1 atom stereocenters. The summed E-state index contributed by atoms with van der Waals surface area (Å²) in [6.45, 7) is 2.12. The third-order valence-corrected chi connectivity index (χ3v) is 2.94. The van der Waals surface area contributed by atoms with Gasteiger partial charge in [0.2, 0.25) is 0 Å². The van der Waals surface area contributed by atoms with Crippen LogP contribution in [0.1, 0.15) is 16.5 Å². The van der Waals surface area contributed by atoms with Gasteiger partial charge in [-0.2, -0.15) is 0 Å². The molecule has 0 fully saturated rings. The Morgan fingerprint density at radius 2 is 2.38 bits per heavy atom. The van der Waals surface area contributed by atoms with E-state index in [1.807, 2.05) is 6.20 Å². The first-order valence-electron chi connectivity index (χ1n) is 3.86. The lowest BCUT2D eigenvalue weighted by molar-refractivity contribution is 0.897. The number of aryl methyl sites for hydroxylation is 1. The van der Waals surface area contributed by atoms with Gasteiger partial charge in [0.05, 0.1) is 6.34 Å². The van der Waals surface area contributed by atoms with Crippen molar-refractivity contribution < 1.29 is 0 Å². The standard InChI is InChI=1S/C9H10N2S.ClH/c1-7-3-5-12-9(7)8-2-4-10-6-11-8;/h2-6,8H,1H3,(H,10,11);1H. The van der Waals surface area contributed by atoms with Crippen LogP contribution in [0.4, 0.5) is 0 Å². The number of thiophene rings is 1. The molecule has 1 aromatic heterocycles. The van der Waals surface area contributed by atoms with Crippen molar-refractivity contribution in [3.05, 3.63) is 34.2 Å². The molecule has 2 nitrogen and oxygen atoms in total. The van der Waals surface area contributed by atoms with Crippen LogP contribution in [0.5, 0.6) is 0 Å². The van der Waals surface area contributed by atoms with E-state index in [0.717, 1.165) is 0 Å². The van der Waals surface area contributed by atoms with Crippen LogP contribution in [-0.4, -0.2) is 6.34 Å². The molecule has 0 spiro atoms. The monoisotopic (exact) mass is 214 g/mol. The van der Waals surface area contributed by atoms with E-state index in [2.05, 4.69) is 34.8 Å². The summed E-state index contributed by atoms with van der Waals surface area (Å²) >= 11 is 1.76. The molecule has 0 aromatic carbocycles. The van der Waals surface area contributed by atoms with Crippen LogP contribution >= 0.6 is 23.7 Å². The highest BCUT2D eigenvalue weighted by Gasteiger charge is 2.10. The molecule has 1 unspecified atom stereocenters. The van der Waals surface area contributed by atoms with Crippen molar-refractivity contribution in [2.45, 2.75) is 13.0 Å². The molecule has 4 heteroatoms. The van der Waals surface area contributed by atoms with E-state index in [4.69, 9.17) is 0 Å². The fraction of sp³-hybridized carbons (Fsp3) is 0.222. The molecule has 1 N–H and O–H groups in total. The second kappa shape index (κ2) is 4.44. The molecule has 2 heterocycles. The van der Waals surface area contributed by atoms with E-state index in [0.29, 0.717) is 0 Å². The maximum absolute atomic E-state index is 4.32. The third kappa shape index (κ3) is 2.11.